The monoisotopic (exact) mass is 483 g/mol. The lowest BCUT2D eigenvalue weighted by Crippen LogP contribution is -2.46. The van der Waals surface area contributed by atoms with Gasteiger partial charge in [0.25, 0.3) is 0 Å². The molecular formula is C25H32ClF2NO4. The van der Waals surface area contributed by atoms with Gasteiger partial charge in [-0.2, -0.15) is 4.39 Å². The topological polar surface area (TPSA) is 78.8 Å². The van der Waals surface area contributed by atoms with Crippen molar-refractivity contribution in [3.8, 4) is 5.75 Å². The van der Waals surface area contributed by atoms with Crippen LogP contribution in [-0.2, 0) is 24.1 Å². The van der Waals surface area contributed by atoms with Crippen LogP contribution in [-0.4, -0.2) is 41.0 Å². The maximum atomic E-state index is 14.2. The number of carbonyl (C=O) groups is 1. The summed E-state index contributed by atoms with van der Waals surface area (Å²) < 4.78 is 33.6. The zero-order chi connectivity index (χ0) is 23.3. The summed E-state index contributed by atoms with van der Waals surface area (Å²) in [4.78, 5) is 10.6. The molecule has 0 bridgehead atoms. The van der Waals surface area contributed by atoms with E-state index in [0.717, 1.165) is 19.3 Å². The lowest BCUT2D eigenvalue weighted by molar-refractivity contribution is -0.136. The number of fused-ring (bicyclic) bond motifs is 1. The summed E-state index contributed by atoms with van der Waals surface area (Å²) >= 11 is 0. The summed E-state index contributed by atoms with van der Waals surface area (Å²) in [5.41, 5.74) is 2.60. The molecule has 2 aromatic carbocycles. The molecule has 1 aliphatic carbocycles. The van der Waals surface area contributed by atoms with Gasteiger partial charge in [0, 0.05) is 18.5 Å². The number of carboxylic acid groups (broad SMARTS) is 1. The molecule has 3 N–H and O–H groups in total. The quantitative estimate of drug-likeness (QED) is 0.443. The van der Waals surface area contributed by atoms with Crippen molar-refractivity contribution in [2.45, 2.75) is 57.6 Å². The fraction of sp³-hybridized carbons (Fsp3) is 0.480. The van der Waals surface area contributed by atoms with E-state index < -0.39 is 23.7 Å². The van der Waals surface area contributed by atoms with Gasteiger partial charge in [-0.15, -0.1) is 12.4 Å². The molecule has 1 unspecified atom stereocenters. The van der Waals surface area contributed by atoms with E-state index in [-0.39, 0.29) is 55.3 Å². The minimum absolute atomic E-state index is 0. The summed E-state index contributed by atoms with van der Waals surface area (Å²) in [5.74, 6) is -3.13. The molecule has 0 aromatic heterocycles. The number of aliphatic hydroxyl groups excluding tert-OH is 1. The molecule has 1 aliphatic rings. The first-order valence-corrected chi connectivity index (χ1v) is 11.0. The number of hydrogen-bond donors (Lipinski definition) is 3. The number of aliphatic carboxylic acids is 1. The van der Waals surface area contributed by atoms with E-state index >= 15 is 0 Å². The number of rotatable bonds is 11. The molecule has 8 heteroatoms. The molecule has 0 radical (unpaired) electrons. The average molecular weight is 484 g/mol. The Labute approximate surface area is 199 Å². The molecule has 182 valence electrons. The smallest absolute Gasteiger partial charge is 0.303 e. The standard InChI is InChI=1S/C25H31F2NO4.ClH/c1-25(2,13-16-11-18-5-3-4-6-19(18)12-16)28-14-20(29)15-32-21-9-7-17(8-10-22(30)31)23(26)24(21)27;/h3-7,9,16,20,28-29H,8,10-15H2,1-2H3,(H,30,31);1H. The third-order valence-corrected chi connectivity index (χ3v) is 5.92. The zero-order valence-electron chi connectivity index (χ0n) is 18.9. The number of aryl methyl sites for hydroxylation is 1. The van der Waals surface area contributed by atoms with E-state index in [2.05, 4.69) is 43.4 Å². The predicted octanol–water partition coefficient (Wildman–Crippen LogP) is 4.32. The molecule has 3 rings (SSSR count). The highest BCUT2D eigenvalue weighted by atomic mass is 35.5. The Kier molecular flexibility index (Phi) is 9.64. The number of ether oxygens (including phenoxy) is 1. The molecule has 1 atom stereocenters. The second-order valence-electron chi connectivity index (χ2n) is 9.22. The zero-order valence-corrected chi connectivity index (χ0v) is 19.8. The van der Waals surface area contributed by atoms with Crippen LogP contribution < -0.4 is 10.1 Å². The predicted molar refractivity (Wildman–Crippen MR) is 125 cm³/mol. The van der Waals surface area contributed by atoms with Crippen LogP contribution in [0.4, 0.5) is 8.78 Å². The van der Waals surface area contributed by atoms with Crippen LogP contribution in [0.2, 0.25) is 0 Å². The average Bonchev–Trinajstić information content (AvgIpc) is 3.14. The van der Waals surface area contributed by atoms with Crippen molar-refractivity contribution < 1.29 is 28.5 Å². The molecule has 2 aromatic rings. The van der Waals surface area contributed by atoms with Crippen molar-refractivity contribution in [1.82, 2.24) is 5.32 Å². The van der Waals surface area contributed by atoms with Crippen LogP contribution in [0, 0.1) is 17.6 Å². The Bertz CT molecular complexity index is 929. The minimum Gasteiger partial charge on any atom is -0.488 e. The van der Waals surface area contributed by atoms with E-state index in [4.69, 9.17) is 9.84 Å². The van der Waals surface area contributed by atoms with Crippen molar-refractivity contribution >= 4 is 18.4 Å². The van der Waals surface area contributed by atoms with E-state index in [1.165, 1.54) is 23.3 Å². The maximum absolute atomic E-state index is 14.2. The van der Waals surface area contributed by atoms with Crippen LogP contribution in [0.15, 0.2) is 36.4 Å². The number of nitrogens with one attached hydrogen (secondary N) is 1. The second kappa shape index (κ2) is 11.8. The van der Waals surface area contributed by atoms with Gasteiger partial charge in [-0.3, -0.25) is 4.79 Å². The summed E-state index contributed by atoms with van der Waals surface area (Å²) in [5, 5.41) is 22.3. The van der Waals surface area contributed by atoms with Gasteiger partial charge < -0.3 is 20.3 Å². The first kappa shape index (κ1) is 27.0. The summed E-state index contributed by atoms with van der Waals surface area (Å²) in [6.45, 7) is 4.25. The second-order valence-corrected chi connectivity index (χ2v) is 9.22. The molecule has 0 saturated heterocycles. The van der Waals surface area contributed by atoms with E-state index in [0.29, 0.717) is 5.92 Å². The highest BCUT2D eigenvalue weighted by Crippen LogP contribution is 2.32. The number of carboxylic acids is 1. The molecule has 0 spiro atoms. The molecule has 0 saturated carbocycles. The minimum atomic E-state index is -1.17. The summed E-state index contributed by atoms with van der Waals surface area (Å²) in [6, 6.07) is 11.1. The highest BCUT2D eigenvalue weighted by Gasteiger charge is 2.28. The van der Waals surface area contributed by atoms with Gasteiger partial charge in [-0.05, 0) is 68.2 Å². The Morgan fingerprint density at radius 2 is 1.79 bits per heavy atom. The molecule has 0 heterocycles. The Balaban J connectivity index is 0.00000385. The third kappa shape index (κ3) is 7.66. The maximum Gasteiger partial charge on any atom is 0.303 e. The molecular weight excluding hydrogens is 452 g/mol. The van der Waals surface area contributed by atoms with Crippen molar-refractivity contribution in [1.29, 1.82) is 0 Å². The van der Waals surface area contributed by atoms with E-state index in [1.807, 2.05) is 0 Å². The fourth-order valence-corrected chi connectivity index (χ4v) is 4.35. The van der Waals surface area contributed by atoms with Crippen molar-refractivity contribution in [2.75, 3.05) is 13.2 Å². The van der Waals surface area contributed by atoms with Gasteiger partial charge in [0.15, 0.2) is 11.6 Å². The normalized spacial score (nSPS) is 14.5. The summed E-state index contributed by atoms with van der Waals surface area (Å²) in [6.07, 6.45) is 1.77. The van der Waals surface area contributed by atoms with E-state index in [1.54, 1.807) is 0 Å². The van der Waals surface area contributed by atoms with Crippen molar-refractivity contribution in [2.24, 2.45) is 5.92 Å². The van der Waals surface area contributed by atoms with Gasteiger partial charge in [0.2, 0.25) is 5.82 Å². The van der Waals surface area contributed by atoms with Gasteiger partial charge in [0.05, 0.1) is 0 Å². The number of aliphatic hydroxyl groups is 1. The van der Waals surface area contributed by atoms with Gasteiger partial charge in [0.1, 0.15) is 12.7 Å². The third-order valence-electron chi connectivity index (χ3n) is 5.92. The Morgan fingerprint density at radius 3 is 2.39 bits per heavy atom. The van der Waals surface area contributed by atoms with Crippen molar-refractivity contribution in [3.05, 3.63) is 64.7 Å². The Hall–Kier alpha value is -2.22. The summed E-state index contributed by atoms with van der Waals surface area (Å²) in [7, 11) is 0. The molecule has 33 heavy (non-hydrogen) atoms. The number of hydrogen-bond acceptors (Lipinski definition) is 4. The Morgan fingerprint density at radius 1 is 1.15 bits per heavy atom. The lowest BCUT2D eigenvalue weighted by atomic mass is 9.88. The molecule has 0 fully saturated rings. The van der Waals surface area contributed by atoms with Crippen LogP contribution in [0.3, 0.4) is 0 Å². The van der Waals surface area contributed by atoms with Gasteiger partial charge >= 0.3 is 5.97 Å². The number of β-amino-alcohol motifs (C(OH)–C–C–N with tert-alkyl or cyclic N) is 1. The van der Waals surface area contributed by atoms with Gasteiger partial charge in [-0.25, -0.2) is 4.39 Å². The number of halogens is 3. The highest BCUT2D eigenvalue weighted by molar-refractivity contribution is 5.85. The van der Waals surface area contributed by atoms with Crippen LogP contribution >= 0.6 is 12.4 Å². The fourth-order valence-electron chi connectivity index (χ4n) is 4.35. The molecule has 5 nitrogen and oxygen atoms in total. The largest absolute Gasteiger partial charge is 0.488 e. The van der Waals surface area contributed by atoms with Crippen LogP contribution in [0.1, 0.15) is 43.4 Å². The lowest BCUT2D eigenvalue weighted by Gasteiger charge is -2.30. The SMILES string of the molecule is CC(C)(CC1Cc2ccccc2C1)NCC(O)COc1ccc(CCC(=O)O)c(F)c1F.Cl. The molecule has 0 amide bonds. The first-order chi connectivity index (χ1) is 15.1. The first-order valence-electron chi connectivity index (χ1n) is 11.0. The molecule has 0 aliphatic heterocycles. The van der Waals surface area contributed by atoms with Crippen LogP contribution in [0.25, 0.3) is 0 Å². The van der Waals surface area contributed by atoms with Crippen LogP contribution in [0.5, 0.6) is 5.75 Å². The number of benzene rings is 2. The van der Waals surface area contributed by atoms with E-state index in [9.17, 15) is 18.7 Å². The van der Waals surface area contributed by atoms with Crippen molar-refractivity contribution in [3.63, 3.8) is 0 Å². The van der Waals surface area contributed by atoms with Gasteiger partial charge in [-0.1, -0.05) is 30.3 Å².